The van der Waals surface area contributed by atoms with Gasteiger partial charge in [0.15, 0.2) is 0 Å². The second-order valence-electron chi connectivity index (χ2n) is 7.05. The third-order valence-corrected chi connectivity index (χ3v) is 5.88. The summed E-state index contributed by atoms with van der Waals surface area (Å²) in [5.41, 5.74) is -2.10. The minimum atomic E-state index is -6.59. The molecular formula is C14H15F7O2. The van der Waals surface area contributed by atoms with Crippen LogP contribution in [0.1, 0.15) is 33.6 Å². The molecule has 2 fully saturated rings. The first-order valence-electron chi connectivity index (χ1n) is 6.94. The van der Waals surface area contributed by atoms with Crippen LogP contribution in [0.15, 0.2) is 0 Å². The van der Waals surface area contributed by atoms with Gasteiger partial charge in [-0.1, -0.05) is 20.8 Å². The zero-order valence-electron chi connectivity index (χ0n) is 12.5. The topological polar surface area (TPSA) is 34.1 Å². The maximum atomic E-state index is 13.6. The Hall–Kier alpha value is -1.15. The predicted octanol–water partition coefficient (Wildman–Crippen LogP) is 4.03. The van der Waals surface area contributed by atoms with Crippen molar-refractivity contribution in [2.45, 2.75) is 51.6 Å². The summed E-state index contributed by atoms with van der Waals surface area (Å²) in [4.78, 5) is 24.1. The molecule has 2 saturated carbocycles. The number of hydrogen-bond acceptors (Lipinski definition) is 2. The van der Waals surface area contributed by atoms with E-state index in [2.05, 4.69) is 0 Å². The van der Waals surface area contributed by atoms with Gasteiger partial charge < -0.3 is 0 Å². The molecule has 0 N–H and O–H groups in total. The summed E-state index contributed by atoms with van der Waals surface area (Å²) in [6.07, 6.45) is -6.15. The smallest absolute Gasteiger partial charge is 0.298 e. The molecule has 2 aliphatic carbocycles. The normalized spacial score (nSPS) is 34.1. The Kier molecular flexibility index (Phi) is 3.54. The summed E-state index contributed by atoms with van der Waals surface area (Å²) in [7, 11) is 0. The lowest BCUT2D eigenvalue weighted by Gasteiger charge is -2.32. The molecular weight excluding hydrogens is 333 g/mol. The van der Waals surface area contributed by atoms with Gasteiger partial charge in [0, 0.05) is 5.41 Å². The number of carbonyl (C=O) groups is 2. The number of ketones is 2. The molecule has 3 atom stereocenters. The zero-order chi connectivity index (χ0) is 18.2. The van der Waals surface area contributed by atoms with Crippen LogP contribution in [-0.2, 0) is 9.59 Å². The molecule has 132 valence electrons. The minimum absolute atomic E-state index is 0.152. The number of hydrogen-bond donors (Lipinski definition) is 0. The van der Waals surface area contributed by atoms with Crippen LogP contribution in [0.2, 0.25) is 0 Å². The third-order valence-electron chi connectivity index (χ3n) is 5.88. The number of rotatable bonds is 3. The van der Waals surface area contributed by atoms with Crippen LogP contribution >= 0.6 is 0 Å². The maximum absolute atomic E-state index is 13.6. The van der Waals surface area contributed by atoms with Crippen molar-refractivity contribution in [3.05, 3.63) is 0 Å². The van der Waals surface area contributed by atoms with E-state index >= 15 is 0 Å². The van der Waals surface area contributed by atoms with E-state index in [1.165, 1.54) is 20.8 Å². The molecule has 0 unspecified atom stereocenters. The molecule has 2 nitrogen and oxygen atoms in total. The number of carbonyl (C=O) groups excluding carboxylic acids is 2. The van der Waals surface area contributed by atoms with Crippen LogP contribution in [0, 0.1) is 22.7 Å². The molecule has 0 heterocycles. The molecule has 0 aromatic carbocycles. The standard InChI is InChI=1S/C14H15F7O2/c1-10(2)6-4-5-11(10,3)8(22)7(6)9(23)12(15,16)13(17,18)14(19,20)21/h6-7H,4-5H2,1-3H3/t6-,7-,11-/m0/s1. The second kappa shape index (κ2) is 4.47. The van der Waals surface area contributed by atoms with Crippen molar-refractivity contribution in [2.75, 3.05) is 0 Å². The fourth-order valence-electron chi connectivity index (χ4n) is 3.92. The largest absolute Gasteiger partial charge is 0.460 e. The van der Waals surface area contributed by atoms with Crippen LogP contribution < -0.4 is 0 Å². The highest BCUT2D eigenvalue weighted by Crippen LogP contribution is 2.66. The third kappa shape index (κ3) is 1.94. The molecule has 0 spiro atoms. The molecule has 9 heteroatoms. The van der Waals surface area contributed by atoms with Crippen LogP contribution in [0.3, 0.4) is 0 Å². The van der Waals surface area contributed by atoms with E-state index < -0.39 is 52.3 Å². The van der Waals surface area contributed by atoms with Crippen molar-refractivity contribution < 1.29 is 40.3 Å². The van der Waals surface area contributed by atoms with Gasteiger partial charge in [-0.3, -0.25) is 9.59 Å². The Morgan fingerprint density at radius 1 is 1.04 bits per heavy atom. The first-order valence-corrected chi connectivity index (χ1v) is 6.94. The predicted molar refractivity (Wildman–Crippen MR) is 64.1 cm³/mol. The molecule has 0 amide bonds. The summed E-state index contributed by atoms with van der Waals surface area (Å²) in [6, 6.07) is 0. The lowest BCUT2D eigenvalue weighted by molar-refractivity contribution is -0.344. The van der Waals surface area contributed by atoms with Crippen LogP contribution in [0.25, 0.3) is 0 Å². The molecule has 0 saturated heterocycles. The number of fused-ring (bicyclic) bond motifs is 2. The first-order chi connectivity index (χ1) is 10.0. The Bertz CT molecular complexity index is 564. The Morgan fingerprint density at radius 2 is 1.52 bits per heavy atom. The average Bonchev–Trinajstić information content (AvgIpc) is 2.68. The fourth-order valence-corrected chi connectivity index (χ4v) is 3.92. The molecule has 2 bridgehead atoms. The lowest BCUT2D eigenvalue weighted by atomic mass is 9.70. The minimum Gasteiger partial charge on any atom is -0.298 e. The number of alkyl halides is 7. The van der Waals surface area contributed by atoms with Gasteiger partial charge in [-0.05, 0) is 24.2 Å². The van der Waals surface area contributed by atoms with Gasteiger partial charge in [-0.25, -0.2) is 0 Å². The number of halogens is 7. The molecule has 0 radical (unpaired) electrons. The molecule has 0 aromatic rings. The summed E-state index contributed by atoms with van der Waals surface area (Å²) in [6.45, 7) is 4.51. The molecule has 2 rings (SSSR count). The van der Waals surface area contributed by atoms with Crippen molar-refractivity contribution in [3.8, 4) is 0 Å². The first kappa shape index (κ1) is 18.2. The van der Waals surface area contributed by atoms with E-state index in [-0.39, 0.29) is 12.8 Å². The Morgan fingerprint density at radius 3 is 1.87 bits per heavy atom. The van der Waals surface area contributed by atoms with E-state index in [0.717, 1.165) is 0 Å². The van der Waals surface area contributed by atoms with E-state index in [0.29, 0.717) is 0 Å². The highest BCUT2D eigenvalue weighted by atomic mass is 19.4. The van der Waals surface area contributed by atoms with E-state index in [1.54, 1.807) is 0 Å². The molecule has 0 aromatic heterocycles. The van der Waals surface area contributed by atoms with Gasteiger partial charge in [0.05, 0.1) is 5.92 Å². The second-order valence-corrected chi connectivity index (χ2v) is 7.05. The summed E-state index contributed by atoms with van der Waals surface area (Å²) < 4.78 is 90.1. The van der Waals surface area contributed by atoms with Crippen molar-refractivity contribution in [1.29, 1.82) is 0 Å². The molecule has 23 heavy (non-hydrogen) atoms. The van der Waals surface area contributed by atoms with Crippen molar-refractivity contribution in [3.63, 3.8) is 0 Å². The quantitative estimate of drug-likeness (QED) is 0.570. The highest BCUT2D eigenvalue weighted by molar-refractivity contribution is 6.10. The summed E-state index contributed by atoms with van der Waals surface area (Å²) in [5, 5.41) is 0. The van der Waals surface area contributed by atoms with E-state index in [4.69, 9.17) is 0 Å². The van der Waals surface area contributed by atoms with E-state index in [1.807, 2.05) is 0 Å². The van der Waals surface area contributed by atoms with Crippen molar-refractivity contribution >= 4 is 11.6 Å². The van der Waals surface area contributed by atoms with E-state index in [9.17, 15) is 40.3 Å². The lowest BCUT2D eigenvalue weighted by Crippen LogP contribution is -2.59. The fraction of sp³-hybridized carbons (Fsp3) is 0.857. The van der Waals surface area contributed by atoms with Crippen LogP contribution in [0.4, 0.5) is 30.7 Å². The van der Waals surface area contributed by atoms with Gasteiger partial charge in [0.1, 0.15) is 5.78 Å². The SMILES string of the molecule is CC1(C)[C@H]2CC[C@@]1(C)C(=O)[C@H]2C(=O)C(F)(F)C(F)(F)C(F)(F)F. The molecule has 2 aliphatic rings. The molecule has 0 aliphatic heterocycles. The summed E-state index contributed by atoms with van der Waals surface area (Å²) in [5.74, 6) is -19.2. The van der Waals surface area contributed by atoms with Gasteiger partial charge in [0.2, 0.25) is 5.78 Å². The summed E-state index contributed by atoms with van der Waals surface area (Å²) >= 11 is 0. The highest BCUT2D eigenvalue weighted by Gasteiger charge is 2.79. The van der Waals surface area contributed by atoms with Gasteiger partial charge in [0.25, 0.3) is 0 Å². The zero-order valence-corrected chi connectivity index (χ0v) is 12.5. The van der Waals surface area contributed by atoms with Crippen LogP contribution in [0.5, 0.6) is 0 Å². The Balaban J connectivity index is 2.45. The number of Topliss-reactive ketones (excluding diaryl/α,β-unsaturated/α-hetero) is 2. The van der Waals surface area contributed by atoms with Gasteiger partial charge >= 0.3 is 18.0 Å². The Labute approximate surface area is 127 Å². The van der Waals surface area contributed by atoms with Crippen molar-refractivity contribution in [1.82, 2.24) is 0 Å². The van der Waals surface area contributed by atoms with Gasteiger partial charge in [-0.2, -0.15) is 30.7 Å². The van der Waals surface area contributed by atoms with Gasteiger partial charge in [-0.15, -0.1) is 0 Å². The average molecular weight is 348 g/mol. The van der Waals surface area contributed by atoms with Crippen LogP contribution in [-0.4, -0.2) is 29.6 Å². The monoisotopic (exact) mass is 348 g/mol. The maximum Gasteiger partial charge on any atom is 0.460 e. The van der Waals surface area contributed by atoms with Crippen molar-refractivity contribution in [2.24, 2.45) is 22.7 Å².